The topological polar surface area (TPSA) is 25.4 Å². The van der Waals surface area contributed by atoms with Crippen LogP contribution in [0.1, 0.15) is 18.4 Å². The fraction of sp³-hybridized carbons (Fsp3) is 0.615. The Morgan fingerprint density at radius 3 is 2.88 bits per heavy atom. The minimum absolute atomic E-state index is 0.180. The van der Waals surface area contributed by atoms with E-state index in [1.165, 1.54) is 5.56 Å². The number of hydrogen-bond donors (Lipinski definition) is 0. The van der Waals surface area contributed by atoms with E-state index in [2.05, 4.69) is 9.88 Å². The quantitative estimate of drug-likeness (QED) is 0.657. The van der Waals surface area contributed by atoms with E-state index in [0.29, 0.717) is 0 Å². The van der Waals surface area contributed by atoms with Gasteiger partial charge in [0.2, 0.25) is 0 Å². The normalized spacial score (nSPS) is 42.5. The first-order valence-electron chi connectivity index (χ1n) is 6.24. The zero-order valence-electron chi connectivity index (χ0n) is 9.66. The van der Waals surface area contributed by atoms with E-state index in [1.807, 2.05) is 12.3 Å². The number of alkyl halides is 1. The molecule has 4 heteroatoms. The van der Waals surface area contributed by atoms with Gasteiger partial charge in [-0.05, 0) is 18.9 Å². The van der Waals surface area contributed by atoms with Gasteiger partial charge < -0.3 is 4.74 Å². The number of halogens is 1. The van der Waals surface area contributed by atoms with Gasteiger partial charge in [-0.1, -0.05) is 0 Å². The largest absolute Gasteiger partial charge is 0.483 e. The molecule has 3 saturated heterocycles. The number of ether oxygens (including phenoxy) is 1. The molecule has 1 spiro atoms. The van der Waals surface area contributed by atoms with Gasteiger partial charge >= 0.3 is 0 Å². The highest BCUT2D eigenvalue weighted by Gasteiger charge is 2.60. The molecule has 1 aromatic rings. The molecule has 3 nitrogen and oxygen atoms in total. The molecule has 0 aliphatic carbocycles. The van der Waals surface area contributed by atoms with Crippen molar-refractivity contribution in [3.8, 4) is 5.75 Å². The van der Waals surface area contributed by atoms with E-state index in [1.54, 1.807) is 6.20 Å². The Kier molecular flexibility index (Phi) is 1.88. The van der Waals surface area contributed by atoms with Crippen molar-refractivity contribution in [2.24, 2.45) is 0 Å². The van der Waals surface area contributed by atoms with Crippen LogP contribution in [0.5, 0.6) is 5.75 Å². The molecule has 0 aromatic carbocycles. The number of piperidine rings is 3. The van der Waals surface area contributed by atoms with Gasteiger partial charge in [0.1, 0.15) is 11.4 Å². The van der Waals surface area contributed by atoms with Crippen LogP contribution in [0.25, 0.3) is 0 Å². The molecule has 17 heavy (non-hydrogen) atoms. The van der Waals surface area contributed by atoms with Gasteiger partial charge in [0.25, 0.3) is 0 Å². The number of nitrogens with zero attached hydrogens (tertiary/aromatic N) is 2. The van der Waals surface area contributed by atoms with Gasteiger partial charge in [-0.25, -0.2) is 0 Å². The fourth-order valence-corrected chi connectivity index (χ4v) is 3.90. The molecule has 0 saturated carbocycles. The molecule has 2 bridgehead atoms. The summed E-state index contributed by atoms with van der Waals surface area (Å²) in [6.45, 7) is 3.19. The first-order chi connectivity index (χ1) is 8.21. The average Bonchev–Trinajstić information content (AvgIpc) is 2.70. The van der Waals surface area contributed by atoms with Crippen LogP contribution in [0.4, 0.5) is 0 Å². The second kappa shape index (κ2) is 3.15. The number of rotatable bonds is 0. The summed E-state index contributed by atoms with van der Waals surface area (Å²) in [5, 5.41) is 0. The molecule has 3 fully saturated rings. The van der Waals surface area contributed by atoms with Crippen LogP contribution in [0, 0.1) is 0 Å². The lowest BCUT2D eigenvalue weighted by molar-refractivity contribution is -0.0643. The molecule has 4 aliphatic heterocycles. The predicted molar refractivity (Wildman–Crippen MR) is 65.6 cm³/mol. The Hall–Kier alpha value is -0.800. The number of hydrogen-bond acceptors (Lipinski definition) is 3. The summed E-state index contributed by atoms with van der Waals surface area (Å²) in [6.07, 6.45) is 6.70. The first-order valence-corrected chi connectivity index (χ1v) is 6.62. The molecule has 0 radical (unpaired) electrons. The Bertz CT molecular complexity index is 443. The van der Waals surface area contributed by atoms with Crippen LogP contribution in [0.15, 0.2) is 18.5 Å². The second-order valence-electron chi connectivity index (χ2n) is 5.50. The summed E-state index contributed by atoms with van der Waals surface area (Å²) in [7, 11) is 0. The zero-order valence-corrected chi connectivity index (χ0v) is 10.4. The average molecular weight is 251 g/mol. The minimum atomic E-state index is -0.212. The van der Waals surface area contributed by atoms with Crippen molar-refractivity contribution in [3.05, 3.63) is 24.0 Å². The van der Waals surface area contributed by atoms with Crippen molar-refractivity contribution in [1.82, 2.24) is 9.88 Å². The molecule has 90 valence electrons. The summed E-state index contributed by atoms with van der Waals surface area (Å²) < 4.78 is 6.26. The summed E-state index contributed by atoms with van der Waals surface area (Å²) in [5.74, 6) is 0.980. The molecule has 1 aromatic heterocycles. The van der Waals surface area contributed by atoms with E-state index in [9.17, 15) is 0 Å². The summed E-state index contributed by atoms with van der Waals surface area (Å²) in [5.41, 5.74) is 0.998. The Morgan fingerprint density at radius 1 is 1.35 bits per heavy atom. The first kappa shape index (κ1) is 10.2. The van der Waals surface area contributed by atoms with E-state index in [0.717, 1.165) is 44.6 Å². The van der Waals surface area contributed by atoms with E-state index in [4.69, 9.17) is 16.3 Å². The standard InChI is InChI=1S/C13H15ClN2O/c14-12-2-5-16(6-3-12)9-13(12)7-10-8-15-4-1-11(10)17-13/h1,4,8H,2-3,5-7,9H2. The third-order valence-electron chi connectivity index (χ3n) is 4.58. The molecule has 5 heterocycles. The van der Waals surface area contributed by atoms with Crippen molar-refractivity contribution in [2.75, 3.05) is 19.6 Å². The van der Waals surface area contributed by atoms with Crippen LogP contribution in [0.3, 0.4) is 0 Å². The van der Waals surface area contributed by atoms with Crippen LogP contribution >= 0.6 is 11.6 Å². The SMILES string of the molecule is ClC12CCN(CC1)CC21Cc2cnccc2O1. The van der Waals surface area contributed by atoms with Gasteiger partial charge in [-0.15, -0.1) is 11.6 Å². The fourth-order valence-electron chi connectivity index (χ4n) is 3.56. The molecule has 0 N–H and O–H groups in total. The minimum Gasteiger partial charge on any atom is -0.483 e. The van der Waals surface area contributed by atoms with Gasteiger partial charge in [-0.2, -0.15) is 0 Å². The smallest absolute Gasteiger partial charge is 0.145 e. The Balaban J connectivity index is 1.77. The molecular formula is C13H15ClN2O. The Morgan fingerprint density at radius 2 is 2.18 bits per heavy atom. The summed E-state index contributed by atoms with van der Waals surface area (Å²) >= 11 is 6.88. The maximum absolute atomic E-state index is 6.88. The molecule has 4 aliphatic rings. The molecule has 5 rings (SSSR count). The van der Waals surface area contributed by atoms with Crippen molar-refractivity contribution >= 4 is 11.6 Å². The van der Waals surface area contributed by atoms with E-state index in [-0.39, 0.29) is 10.5 Å². The predicted octanol–water partition coefficient (Wildman–Crippen LogP) is 1.84. The van der Waals surface area contributed by atoms with Gasteiger partial charge in [0.05, 0.1) is 4.87 Å². The second-order valence-corrected chi connectivity index (χ2v) is 6.22. The highest BCUT2D eigenvalue weighted by Crippen LogP contribution is 2.52. The lowest BCUT2D eigenvalue weighted by Crippen LogP contribution is -2.69. The highest BCUT2D eigenvalue weighted by atomic mass is 35.5. The summed E-state index contributed by atoms with van der Waals surface area (Å²) in [6, 6.07) is 1.96. The van der Waals surface area contributed by atoms with E-state index < -0.39 is 0 Å². The Labute approximate surface area is 106 Å². The third-order valence-corrected chi connectivity index (χ3v) is 5.31. The molecule has 1 atom stereocenters. The van der Waals surface area contributed by atoms with Gasteiger partial charge in [0.15, 0.2) is 0 Å². The lowest BCUT2D eigenvalue weighted by Gasteiger charge is -2.55. The highest BCUT2D eigenvalue weighted by molar-refractivity contribution is 6.25. The third kappa shape index (κ3) is 1.24. The maximum atomic E-state index is 6.88. The van der Waals surface area contributed by atoms with Gasteiger partial charge in [0, 0.05) is 44.0 Å². The zero-order chi connectivity index (χ0) is 11.5. The maximum Gasteiger partial charge on any atom is 0.145 e. The van der Waals surface area contributed by atoms with E-state index >= 15 is 0 Å². The lowest BCUT2D eigenvalue weighted by atomic mass is 9.72. The van der Waals surface area contributed by atoms with Crippen molar-refractivity contribution in [3.63, 3.8) is 0 Å². The van der Waals surface area contributed by atoms with Crippen LogP contribution in [-0.4, -0.2) is 40.0 Å². The summed E-state index contributed by atoms with van der Waals surface area (Å²) in [4.78, 5) is 6.48. The monoisotopic (exact) mass is 250 g/mol. The molecule has 1 unspecified atom stereocenters. The van der Waals surface area contributed by atoms with Crippen LogP contribution in [-0.2, 0) is 6.42 Å². The number of pyridine rings is 1. The van der Waals surface area contributed by atoms with Crippen molar-refractivity contribution in [2.45, 2.75) is 29.7 Å². The van der Waals surface area contributed by atoms with Crippen LogP contribution in [0.2, 0.25) is 0 Å². The molecule has 0 amide bonds. The van der Waals surface area contributed by atoms with Gasteiger partial charge in [-0.3, -0.25) is 9.88 Å². The molecular weight excluding hydrogens is 236 g/mol. The van der Waals surface area contributed by atoms with Crippen molar-refractivity contribution in [1.29, 1.82) is 0 Å². The number of aromatic nitrogens is 1. The van der Waals surface area contributed by atoms with Crippen molar-refractivity contribution < 1.29 is 4.74 Å². The van der Waals surface area contributed by atoms with Crippen LogP contribution < -0.4 is 4.74 Å². The number of fused-ring (bicyclic) bond motifs is 3.